The number of halogens is 2. The van der Waals surface area contributed by atoms with E-state index in [2.05, 4.69) is 5.32 Å². The second-order valence-corrected chi connectivity index (χ2v) is 4.63. The van der Waals surface area contributed by atoms with Crippen molar-refractivity contribution in [1.29, 1.82) is 0 Å². The number of carbonyl (C=O) groups is 1. The fourth-order valence-corrected chi connectivity index (χ4v) is 2.37. The molecule has 0 bridgehead atoms. The van der Waals surface area contributed by atoms with Gasteiger partial charge in [0.25, 0.3) is 0 Å². The Morgan fingerprint density at radius 1 is 1.42 bits per heavy atom. The van der Waals surface area contributed by atoms with Gasteiger partial charge in [-0.05, 0) is 25.0 Å². The van der Waals surface area contributed by atoms with Gasteiger partial charge in [0.15, 0.2) is 11.6 Å². The first-order chi connectivity index (χ1) is 9.06. The molecule has 4 nitrogen and oxygen atoms in total. The lowest BCUT2D eigenvalue weighted by Crippen LogP contribution is -2.38. The molecule has 1 saturated carbocycles. The van der Waals surface area contributed by atoms with Crippen LogP contribution in [0.3, 0.4) is 0 Å². The van der Waals surface area contributed by atoms with Crippen molar-refractivity contribution in [2.75, 3.05) is 6.61 Å². The summed E-state index contributed by atoms with van der Waals surface area (Å²) in [6, 6.07) is 2.96. The number of hydrogen-bond acceptors (Lipinski definition) is 2. The molecule has 1 aliphatic carbocycles. The standard InChI is InChI=1S/C13H15F2NO3/c14-9-4-5-12(10(15)6-9)19-7-8-2-1-3-11(8)16-13(17)18/h4-6,8,11,16H,1-3,7H2,(H,17,18)/t8-,11+/m1/s1. The minimum atomic E-state index is -1.06. The van der Waals surface area contributed by atoms with Crippen molar-refractivity contribution in [1.82, 2.24) is 5.32 Å². The Morgan fingerprint density at radius 3 is 2.89 bits per heavy atom. The lowest BCUT2D eigenvalue weighted by Gasteiger charge is -2.20. The van der Waals surface area contributed by atoms with Gasteiger partial charge in [0, 0.05) is 18.0 Å². The molecule has 1 aromatic rings. The van der Waals surface area contributed by atoms with Crippen LogP contribution in [0.15, 0.2) is 18.2 Å². The van der Waals surface area contributed by atoms with Crippen LogP contribution < -0.4 is 10.1 Å². The highest BCUT2D eigenvalue weighted by molar-refractivity contribution is 5.64. The molecule has 2 N–H and O–H groups in total. The molecule has 2 atom stereocenters. The maximum absolute atomic E-state index is 13.4. The number of ether oxygens (including phenoxy) is 1. The van der Waals surface area contributed by atoms with Crippen LogP contribution in [-0.2, 0) is 0 Å². The van der Waals surface area contributed by atoms with Gasteiger partial charge < -0.3 is 15.2 Å². The molecule has 0 aromatic heterocycles. The molecule has 19 heavy (non-hydrogen) atoms. The van der Waals surface area contributed by atoms with Gasteiger partial charge in [-0.2, -0.15) is 0 Å². The van der Waals surface area contributed by atoms with Crippen molar-refractivity contribution >= 4 is 6.09 Å². The van der Waals surface area contributed by atoms with Crippen molar-refractivity contribution in [2.24, 2.45) is 5.92 Å². The van der Waals surface area contributed by atoms with E-state index in [1.165, 1.54) is 6.07 Å². The minimum absolute atomic E-state index is 0.0117. The van der Waals surface area contributed by atoms with Crippen molar-refractivity contribution in [3.8, 4) is 5.75 Å². The van der Waals surface area contributed by atoms with Gasteiger partial charge in [0.05, 0.1) is 6.61 Å². The van der Waals surface area contributed by atoms with Gasteiger partial charge in [0.1, 0.15) is 5.82 Å². The summed E-state index contributed by atoms with van der Waals surface area (Å²) in [5.41, 5.74) is 0. The van der Waals surface area contributed by atoms with Crippen LogP contribution in [0.2, 0.25) is 0 Å². The second-order valence-electron chi connectivity index (χ2n) is 4.63. The van der Waals surface area contributed by atoms with E-state index in [4.69, 9.17) is 9.84 Å². The van der Waals surface area contributed by atoms with Gasteiger partial charge in [-0.1, -0.05) is 6.42 Å². The molecule has 0 saturated heterocycles. The highest BCUT2D eigenvalue weighted by Crippen LogP contribution is 2.27. The topological polar surface area (TPSA) is 58.6 Å². The van der Waals surface area contributed by atoms with E-state index in [0.29, 0.717) is 0 Å². The highest BCUT2D eigenvalue weighted by Gasteiger charge is 2.29. The maximum atomic E-state index is 13.4. The monoisotopic (exact) mass is 271 g/mol. The van der Waals surface area contributed by atoms with Crippen LogP contribution in [0.4, 0.5) is 13.6 Å². The molecule has 0 spiro atoms. The lowest BCUT2D eigenvalue weighted by molar-refractivity contribution is 0.176. The lowest BCUT2D eigenvalue weighted by atomic mass is 10.1. The molecule has 1 aliphatic rings. The fourth-order valence-electron chi connectivity index (χ4n) is 2.37. The molecule has 1 fully saturated rings. The zero-order valence-electron chi connectivity index (χ0n) is 10.2. The number of carboxylic acid groups (broad SMARTS) is 1. The number of nitrogens with one attached hydrogen (secondary N) is 1. The molecule has 6 heteroatoms. The van der Waals surface area contributed by atoms with Gasteiger partial charge in [-0.25, -0.2) is 13.6 Å². The van der Waals surface area contributed by atoms with Crippen LogP contribution in [0, 0.1) is 17.6 Å². The number of benzene rings is 1. The van der Waals surface area contributed by atoms with Crippen molar-refractivity contribution in [3.63, 3.8) is 0 Å². The van der Waals surface area contributed by atoms with E-state index < -0.39 is 17.7 Å². The van der Waals surface area contributed by atoms with Gasteiger partial charge in [0.2, 0.25) is 0 Å². The summed E-state index contributed by atoms with van der Waals surface area (Å²) in [5.74, 6) is -1.40. The molecule has 1 amide bonds. The van der Waals surface area contributed by atoms with Gasteiger partial charge >= 0.3 is 6.09 Å². The number of rotatable bonds is 4. The summed E-state index contributed by atoms with van der Waals surface area (Å²) >= 11 is 0. The van der Waals surface area contributed by atoms with Crippen LogP contribution in [0.5, 0.6) is 5.75 Å². The van der Waals surface area contributed by atoms with Crippen LogP contribution in [-0.4, -0.2) is 23.8 Å². The normalized spacial score (nSPS) is 22.2. The first-order valence-corrected chi connectivity index (χ1v) is 6.13. The average molecular weight is 271 g/mol. The Hall–Kier alpha value is -1.85. The third kappa shape index (κ3) is 3.56. The largest absolute Gasteiger partial charge is 0.490 e. The first kappa shape index (κ1) is 13.6. The fraction of sp³-hybridized carbons (Fsp3) is 0.462. The summed E-state index contributed by atoms with van der Waals surface area (Å²) in [6.45, 7) is 0.216. The predicted octanol–water partition coefficient (Wildman–Crippen LogP) is 2.78. The zero-order chi connectivity index (χ0) is 13.8. The predicted molar refractivity (Wildman–Crippen MR) is 64.1 cm³/mol. The minimum Gasteiger partial charge on any atom is -0.490 e. The molecule has 0 aliphatic heterocycles. The molecular weight excluding hydrogens is 256 g/mol. The summed E-state index contributed by atoms with van der Waals surface area (Å²) in [7, 11) is 0. The van der Waals surface area contributed by atoms with Gasteiger partial charge in [-0.15, -0.1) is 0 Å². The molecule has 0 unspecified atom stereocenters. The van der Waals surface area contributed by atoms with E-state index >= 15 is 0 Å². The number of hydrogen-bond donors (Lipinski definition) is 2. The molecule has 104 valence electrons. The van der Waals surface area contributed by atoms with Gasteiger partial charge in [-0.3, -0.25) is 0 Å². The van der Waals surface area contributed by atoms with Crippen molar-refractivity contribution in [2.45, 2.75) is 25.3 Å². The van der Waals surface area contributed by atoms with E-state index in [1.54, 1.807) is 0 Å². The number of amides is 1. The Kier molecular flexibility index (Phi) is 4.19. The second kappa shape index (κ2) is 5.86. The average Bonchev–Trinajstić information content (AvgIpc) is 2.74. The Balaban J connectivity index is 1.92. The van der Waals surface area contributed by atoms with Crippen molar-refractivity contribution in [3.05, 3.63) is 29.8 Å². The zero-order valence-corrected chi connectivity index (χ0v) is 10.2. The Morgan fingerprint density at radius 2 is 2.21 bits per heavy atom. The van der Waals surface area contributed by atoms with E-state index in [9.17, 15) is 13.6 Å². The van der Waals surface area contributed by atoms with Crippen LogP contribution >= 0.6 is 0 Å². The SMILES string of the molecule is O=C(O)N[C@H]1CCC[C@@H]1COc1ccc(F)cc1F. The smallest absolute Gasteiger partial charge is 0.404 e. The summed E-state index contributed by atoms with van der Waals surface area (Å²) in [6.07, 6.45) is 1.43. The summed E-state index contributed by atoms with van der Waals surface area (Å²) in [5, 5.41) is 11.1. The molecule has 2 rings (SSSR count). The third-order valence-electron chi connectivity index (χ3n) is 3.31. The quantitative estimate of drug-likeness (QED) is 0.885. The Bertz CT molecular complexity index is 467. The maximum Gasteiger partial charge on any atom is 0.404 e. The highest BCUT2D eigenvalue weighted by atomic mass is 19.1. The molecule has 1 aromatic carbocycles. The summed E-state index contributed by atoms with van der Waals surface area (Å²) < 4.78 is 31.4. The van der Waals surface area contributed by atoms with E-state index in [-0.39, 0.29) is 24.3 Å². The van der Waals surface area contributed by atoms with E-state index in [1.807, 2.05) is 0 Å². The summed E-state index contributed by atoms with van der Waals surface area (Å²) in [4.78, 5) is 10.6. The Labute approximate surface area is 109 Å². The molecular formula is C13H15F2NO3. The molecule has 0 heterocycles. The van der Waals surface area contributed by atoms with Crippen molar-refractivity contribution < 1.29 is 23.4 Å². The van der Waals surface area contributed by atoms with E-state index in [0.717, 1.165) is 31.4 Å². The van der Waals surface area contributed by atoms with Crippen LogP contribution in [0.25, 0.3) is 0 Å². The first-order valence-electron chi connectivity index (χ1n) is 6.13. The third-order valence-corrected chi connectivity index (χ3v) is 3.31. The molecule has 0 radical (unpaired) electrons. The van der Waals surface area contributed by atoms with Crippen LogP contribution in [0.1, 0.15) is 19.3 Å².